The van der Waals surface area contributed by atoms with Crippen LogP contribution in [0.5, 0.6) is 0 Å². The summed E-state index contributed by atoms with van der Waals surface area (Å²) in [4.78, 5) is 27.3. The fourth-order valence-electron chi connectivity index (χ4n) is 4.09. The molecule has 1 aromatic rings. The molecule has 2 aliphatic rings. The number of urea groups is 1. The molecule has 2 saturated heterocycles. The molecule has 3 rings (SSSR count). The molecular weight excluding hydrogens is 340 g/mol. The van der Waals surface area contributed by atoms with Crippen LogP contribution >= 0.6 is 0 Å². The zero-order valence-electron chi connectivity index (χ0n) is 16.9. The Morgan fingerprint density at radius 3 is 2.52 bits per heavy atom. The fourth-order valence-corrected chi connectivity index (χ4v) is 4.09. The van der Waals surface area contributed by atoms with Gasteiger partial charge in [0.1, 0.15) is 0 Å². The molecule has 0 saturated carbocycles. The van der Waals surface area contributed by atoms with E-state index in [0.717, 1.165) is 51.0 Å². The summed E-state index contributed by atoms with van der Waals surface area (Å²) in [5.74, 6) is -0.120. The molecule has 0 bridgehead atoms. The van der Waals surface area contributed by atoms with Gasteiger partial charge in [-0.25, -0.2) is 4.79 Å². The van der Waals surface area contributed by atoms with Crippen molar-refractivity contribution in [3.05, 3.63) is 29.3 Å². The van der Waals surface area contributed by atoms with Crippen molar-refractivity contribution in [3.63, 3.8) is 0 Å². The summed E-state index contributed by atoms with van der Waals surface area (Å²) in [6, 6.07) is 5.41. The topological polar surface area (TPSA) is 73.5 Å². The Balaban J connectivity index is 1.68. The van der Waals surface area contributed by atoms with Crippen molar-refractivity contribution in [2.75, 3.05) is 31.5 Å². The number of nitrogens with zero attached hydrogens (tertiary/aromatic N) is 1. The molecule has 2 heterocycles. The van der Waals surface area contributed by atoms with E-state index in [1.165, 1.54) is 0 Å². The van der Waals surface area contributed by atoms with E-state index in [2.05, 4.69) is 16.0 Å². The van der Waals surface area contributed by atoms with Gasteiger partial charge < -0.3 is 20.9 Å². The molecule has 0 radical (unpaired) electrons. The van der Waals surface area contributed by atoms with E-state index < -0.39 is 0 Å². The standard InChI is InChI=1S/C21H32N4O2/c1-15-16(18(26)24-20(2,3)4)6-5-7-17(15)23-19(27)25-13-10-21(14-25)8-11-22-12-9-21/h5-7,22H,8-14H2,1-4H3,(H,23,27)(H,24,26). The number of rotatable bonds is 2. The van der Waals surface area contributed by atoms with Gasteiger partial charge in [-0.3, -0.25) is 4.79 Å². The molecule has 6 nitrogen and oxygen atoms in total. The number of nitrogens with one attached hydrogen (secondary N) is 3. The van der Waals surface area contributed by atoms with E-state index in [4.69, 9.17) is 0 Å². The van der Waals surface area contributed by atoms with E-state index >= 15 is 0 Å². The number of benzene rings is 1. The lowest BCUT2D eigenvalue weighted by Crippen LogP contribution is -2.41. The number of carbonyl (C=O) groups is 2. The minimum atomic E-state index is -0.304. The average Bonchev–Trinajstić information content (AvgIpc) is 2.99. The van der Waals surface area contributed by atoms with Crippen molar-refractivity contribution in [2.45, 2.75) is 52.5 Å². The zero-order chi connectivity index (χ0) is 19.7. The van der Waals surface area contributed by atoms with E-state index in [1.54, 1.807) is 6.07 Å². The Labute approximate surface area is 162 Å². The third-order valence-corrected chi connectivity index (χ3v) is 5.70. The molecule has 27 heavy (non-hydrogen) atoms. The molecule has 0 unspecified atom stereocenters. The molecule has 2 fully saturated rings. The first-order valence-corrected chi connectivity index (χ1v) is 9.88. The van der Waals surface area contributed by atoms with Gasteiger partial charge in [-0.15, -0.1) is 0 Å². The second-order valence-electron chi connectivity index (χ2n) is 9.03. The monoisotopic (exact) mass is 372 g/mol. The van der Waals surface area contributed by atoms with Crippen LogP contribution in [0.1, 0.15) is 56.0 Å². The summed E-state index contributed by atoms with van der Waals surface area (Å²) in [6.07, 6.45) is 3.35. The molecule has 6 heteroatoms. The highest BCUT2D eigenvalue weighted by atomic mass is 16.2. The molecule has 1 aromatic carbocycles. The molecule has 3 N–H and O–H groups in total. The fraction of sp³-hybridized carbons (Fsp3) is 0.619. The van der Waals surface area contributed by atoms with Crippen molar-refractivity contribution >= 4 is 17.6 Å². The van der Waals surface area contributed by atoms with Crippen LogP contribution in [-0.2, 0) is 0 Å². The maximum absolute atomic E-state index is 12.8. The van der Waals surface area contributed by atoms with Crippen LogP contribution in [0.3, 0.4) is 0 Å². The normalized spacial score (nSPS) is 19.2. The van der Waals surface area contributed by atoms with Gasteiger partial charge in [0.15, 0.2) is 0 Å². The van der Waals surface area contributed by atoms with E-state index in [-0.39, 0.29) is 22.9 Å². The quantitative estimate of drug-likeness (QED) is 0.747. The molecule has 2 aliphatic heterocycles. The predicted molar refractivity (Wildman–Crippen MR) is 108 cm³/mol. The minimum Gasteiger partial charge on any atom is -0.347 e. The van der Waals surface area contributed by atoms with Gasteiger partial charge in [-0.2, -0.15) is 0 Å². The van der Waals surface area contributed by atoms with Crippen molar-refractivity contribution in [3.8, 4) is 0 Å². The van der Waals surface area contributed by atoms with Crippen LogP contribution in [0.4, 0.5) is 10.5 Å². The Bertz CT molecular complexity index is 717. The lowest BCUT2D eigenvalue weighted by Gasteiger charge is -2.33. The lowest BCUT2D eigenvalue weighted by molar-refractivity contribution is 0.0919. The first kappa shape index (κ1) is 19.7. The first-order valence-electron chi connectivity index (χ1n) is 9.88. The highest BCUT2D eigenvalue weighted by Crippen LogP contribution is 2.38. The van der Waals surface area contributed by atoms with Gasteiger partial charge in [0.2, 0.25) is 0 Å². The van der Waals surface area contributed by atoms with Crippen LogP contribution in [-0.4, -0.2) is 48.6 Å². The van der Waals surface area contributed by atoms with E-state index in [9.17, 15) is 9.59 Å². The van der Waals surface area contributed by atoms with Crippen LogP contribution in [0.15, 0.2) is 18.2 Å². The van der Waals surface area contributed by atoms with Gasteiger partial charge in [-0.1, -0.05) is 6.07 Å². The minimum absolute atomic E-state index is 0.0677. The van der Waals surface area contributed by atoms with Gasteiger partial charge >= 0.3 is 6.03 Å². The summed E-state index contributed by atoms with van der Waals surface area (Å²) in [5.41, 5.74) is 2.07. The number of hydrogen-bond acceptors (Lipinski definition) is 3. The first-order chi connectivity index (χ1) is 12.7. The highest BCUT2D eigenvalue weighted by Gasteiger charge is 2.40. The Kier molecular flexibility index (Phi) is 5.47. The largest absolute Gasteiger partial charge is 0.347 e. The average molecular weight is 373 g/mol. The predicted octanol–water partition coefficient (Wildman–Crippen LogP) is 3.13. The molecule has 0 atom stereocenters. The SMILES string of the molecule is Cc1c(NC(=O)N2CCC3(CCNCC3)C2)cccc1C(=O)NC(C)(C)C. The van der Waals surface area contributed by atoms with Crippen molar-refractivity contribution in [2.24, 2.45) is 5.41 Å². The molecule has 3 amide bonds. The van der Waals surface area contributed by atoms with Crippen molar-refractivity contribution in [1.29, 1.82) is 0 Å². The number of amides is 3. The van der Waals surface area contributed by atoms with Crippen LogP contribution in [0.2, 0.25) is 0 Å². The molecule has 0 aliphatic carbocycles. The summed E-state index contributed by atoms with van der Waals surface area (Å²) < 4.78 is 0. The summed E-state index contributed by atoms with van der Waals surface area (Å²) in [5, 5.41) is 9.41. The lowest BCUT2D eigenvalue weighted by atomic mass is 9.78. The van der Waals surface area contributed by atoms with Crippen molar-refractivity contribution < 1.29 is 9.59 Å². The second-order valence-corrected chi connectivity index (χ2v) is 9.03. The Hall–Kier alpha value is -2.08. The van der Waals surface area contributed by atoms with Gasteiger partial charge in [-0.05, 0) is 83.2 Å². The molecule has 1 spiro atoms. The number of carbonyl (C=O) groups excluding carboxylic acids is 2. The number of likely N-dealkylation sites (tertiary alicyclic amines) is 1. The summed E-state index contributed by atoms with van der Waals surface area (Å²) in [6.45, 7) is 11.4. The van der Waals surface area contributed by atoms with Crippen molar-refractivity contribution in [1.82, 2.24) is 15.5 Å². The number of anilines is 1. The summed E-state index contributed by atoms with van der Waals surface area (Å²) in [7, 11) is 0. The zero-order valence-corrected chi connectivity index (χ0v) is 16.9. The van der Waals surface area contributed by atoms with Gasteiger partial charge in [0.25, 0.3) is 5.91 Å². The number of hydrogen-bond donors (Lipinski definition) is 3. The smallest absolute Gasteiger partial charge is 0.321 e. The van der Waals surface area contributed by atoms with Gasteiger partial charge in [0, 0.05) is 29.9 Å². The molecular formula is C21H32N4O2. The van der Waals surface area contributed by atoms with E-state index in [0.29, 0.717) is 11.3 Å². The maximum Gasteiger partial charge on any atom is 0.321 e. The Morgan fingerprint density at radius 2 is 1.85 bits per heavy atom. The molecule has 0 aromatic heterocycles. The molecule has 148 valence electrons. The number of piperidine rings is 1. The highest BCUT2D eigenvalue weighted by molar-refractivity contribution is 5.99. The second kappa shape index (κ2) is 7.50. The van der Waals surface area contributed by atoms with Crippen LogP contribution < -0.4 is 16.0 Å². The third kappa shape index (κ3) is 4.61. The third-order valence-electron chi connectivity index (χ3n) is 5.70. The maximum atomic E-state index is 12.8. The van der Waals surface area contributed by atoms with Crippen LogP contribution in [0, 0.1) is 12.3 Å². The summed E-state index contributed by atoms with van der Waals surface area (Å²) >= 11 is 0. The van der Waals surface area contributed by atoms with Crippen LogP contribution in [0.25, 0.3) is 0 Å². The Morgan fingerprint density at radius 1 is 1.15 bits per heavy atom. The van der Waals surface area contributed by atoms with Gasteiger partial charge in [0.05, 0.1) is 0 Å². The van der Waals surface area contributed by atoms with E-state index in [1.807, 2.05) is 44.7 Å².